The van der Waals surface area contributed by atoms with Crippen LogP contribution in [-0.4, -0.2) is 5.11 Å². The Balaban J connectivity index is 1.86. The van der Waals surface area contributed by atoms with Crippen molar-refractivity contribution in [3.8, 4) is 28.0 Å². The molecule has 0 amide bonds. The van der Waals surface area contributed by atoms with Crippen molar-refractivity contribution in [2.24, 2.45) is 0 Å². The second-order valence-corrected chi connectivity index (χ2v) is 6.75. The van der Waals surface area contributed by atoms with Gasteiger partial charge in [0.05, 0.1) is 0 Å². The van der Waals surface area contributed by atoms with E-state index in [9.17, 15) is 5.11 Å². The Morgan fingerprint density at radius 2 is 1.67 bits per heavy atom. The third kappa shape index (κ3) is 2.32. The molecule has 1 N–H and O–H groups in total. The first-order valence-corrected chi connectivity index (χ1v) is 8.72. The van der Waals surface area contributed by atoms with E-state index in [0.717, 1.165) is 18.4 Å². The van der Waals surface area contributed by atoms with Gasteiger partial charge in [-0.1, -0.05) is 62.4 Å². The molecule has 24 heavy (non-hydrogen) atoms. The second kappa shape index (κ2) is 5.83. The minimum atomic E-state index is 0.360. The molecule has 0 aliphatic heterocycles. The van der Waals surface area contributed by atoms with Gasteiger partial charge in [0.2, 0.25) is 0 Å². The second-order valence-electron chi connectivity index (χ2n) is 6.75. The Labute approximate surface area is 143 Å². The highest BCUT2D eigenvalue weighted by Gasteiger charge is 2.21. The van der Waals surface area contributed by atoms with Gasteiger partial charge in [-0.2, -0.15) is 0 Å². The predicted molar refractivity (Wildman–Crippen MR) is 100 cm³/mol. The monoisotopic (exact) mass is 314 g/mol. The van der Waals surface area contributed by atoms with Crippen LogP contribution >= 0.6 is 0 Å². The molecule has 0 fully saturated rings. The van der Waals surface area contributed by atoms with E-state index in [1.165, 1.54) is 33.4 Å². The lowest BCUT2D eigenvalue weighted by Crippen LogP contribution is -1.94. The first-order chi connectivity index (χ1) is 11.7. The van der Waals surface area contributed by atoms with Crippen LogP contribution < -0.4 is 0 Å². The van der Waals surface area contributed by atoms with Crippen LogP contribution in [0.3, 0.4) is 0 Å². The van der Waals surface area contributed by atoms with Gasteiger partial charge in [-0.3, -0.25) is 0 Å². The molecule has 1 heteroatoms. The lowest BCUT2D eigenvalue weighted by Gasteiger charge is -2.15. The van der Waals surface area contributed by atoms with Crippen LogP contribution in [0.2, 0.25) is 0 Å². The zero-order valence-corrected chi connectivity index (χ0v) is 14.2. The van der Waals surface area contributed by atoms with Gasteiger partial charge in [-0.05, 0) is 69.8 Å². The molecular formula is C23H22O. The van der Waals surface area contributed by atoms with Crippen molar-refractivity contribution >= 4 is 0 Å². The summed E-state index contributed by atoms with van der Waals surface area (Å²) >= 11 is 0. The molecule has 0 heterocycles. The summed E-state index contributed by atoms with van der Waals surface area (Å²) in [5.41, 5.74) is 9.04. The quantitative estimate of drug-likeness (QED) is 0.481. The molecule has 1 unspecified atom stereocenters. The van der Waals surface area contributed by atoms with E-state index in [1.807, 2.05) is 12.1 Å². The standard InChI is InChI=1S/C23H22O/c1-3-15(2)21-13-17(11-12-23(21)24)19-9-6-10-20-18-8-5-4-7-16(18)14-22(19)20/h4-13,15,24H,3,14H2,1-2H3. The molecule has 0 spiro atoms. The molecule has 1 aliphatic rings. The predicted octanol–water partition coefficient (Wildman–Crippen LogP) is 6.14. The van der Waals surface area contributed by atoms with Crippen molar-refractivity contribution in [1.82, 2.24) is 0 Å². The zero-order valence-electron chi connectivity index (χ0n) is 14.2. The van der Waals surface area contributed by atoms with Crippen LogP contribution in [0.25, 0.3) is 22.3 Å². The number of phenolic OH excluding ortho intramolecular Hbond substituents is 1. The molecule has 120 valence electrons. The SMILES string of the molecule is CCC(C)c1cc(-c2cccc3c2Cc2ccccc2-3)ccc1O. The minimum Gasteiger partial charge on any atom is -0.508 e. The molecule has 1 atom stereocenters. The van der Waals surface area contributed by atoms with Gasteiger partial charge in [0.1, 0.15) is 5.75 Å². The van der Waals surface area contributed by atoms with Crippen LogP contribution in [0.15, 0.2) is 60.7 Å². The average molecular weight is 314 g/mol. The van der Waals surface area contributed by atoms with Crippen molar-refractivity contribution < 1.29 is 5.11 Å². The van der Waals surface area contributed by atoms with E-state index in [0.29, 0.717) is 11.7 Å². The molecule has 0 saturated heterocycles. The Kier molecular flexibility index (Phi) is 3.65. The van der Waals surface area contributed by atoms with Crippen molar-refractivity contribution in [2.75, 3.05) is 0 Å². The van der Waals surface area contributed by atoms with Gasteiger partial charge >= 0.3 is 0 Å². The number of rotatable bonds is 3. The van der Waals surface area contributed by atoms with Crippen LogP contribution in [0.1, 0.15) is 42.9 Å². The molecule has 1 aliphatic carbocycles. The third-order valence-corrected chi connectivity index (χ3v) is 5.33. The largest absolute Gasteiger partial charge is 0.508 e. The fraction of sp³-hybridized carbons (Fsp3) is 0.217. The summed E-state index contributed by atoms with van der Waals surface area (Å²) < 4.78 is 0. The number of phenols is 1. The lowest BCUT2D eigenvalue weighted by atomic mass is 9.91. The number of benzene rings is 3. The van der Waals surface area contributed by atoms with Crippen molar-refractivity contribution in [3.05, 3.63) is 77.4 Å². The highest BCUT2D eigenvalue weighted by molar-refractivity contribution is 5.85. The maximum absolute atomic E-state index is 10.2. The molecule has 0 radical (unpaired) electrons. The first kappa shape index (κ1) is 15.0. The van der Waals surface area contributed by atoms with Crippen molar-refractivity contribution in [2.45, 2.75) is 32.6 Å². The van der Waals surface area contributed by atoms with Gasteiger partial charge in [0.15, 0.2) is 0 Å². The molecule has 4 rings (SSSR count). The fourth-order valence-electron chi connectivity index (χ4n) is 3.76. The maximum atomic E-state index is 10.2. The highest BCUT2D eigenvalue weighted by atomic mass is 16.3. The van der Waals surface area contributed by atoms with Crippen LogP contribution in [0, 0.1) is 0 Å². The molecule has 1 nitrogen and oxygen atoms in total. The van der Waals surface area contributed by atoms with Crippen molar-refractivity contribution in [1.29, 1.82) is 0 Å². The van der Waals surface area contributed by atoms with Gasteiger partial charge in [0.25, 0.3) is 0 Å². The number of hydrogen-bond donors (Lipinski definition) is 1. The van der Waals surface area contributed by atoms with E-state index in [2.05, 4.69) is 62.4 Å². The summed E-state index contributed by atoms with van der Waals surface area (Å²) in [4.78, 5) is 0. The van der Waals surface area contributed by atoms with Crippen LogP contribution in [-0.2, 0) is 6.42 Å². The normalized spacial score (nSPS) is 13.4. The summed E-state index contributed by atoms with van der Waals surface area (Å²) in [6.07, 6.45) is 2.01. The minimum absolute atomic E-state index is 0.360. The topological polar surface area (TPSA) is 20.2 Å². The molecule has 0 saturated carbocycles. The summed E-state index contributed by atoms with van der Waals surface area (Å²) in [5, 5.41) is 10.2. The van der Waals surface area contributed by atoms with Gasteiger partial charge < -0.3 is 5.11 Å². The van der Waals surface area contributed by atoms with Gasteiger partial charge in [-0.25, -0.2) is 0 Å². The summed E-state index contributed by atoms with van der Waals surface area (Å²) in [5.74, 6) is 0.767. The number of hydrogen-bond acceptors (Lipinski definition) is 1. The summed E-state index contributed by atoms with van der Waals surface area (Å²) in [6.45, 7) is 4.33. The summed E-state index contributed by atoms with van der Waals surface area (Å²) in [7, 11) is 0. The van der Waals surface area contributed by atoms with E-state index < -0.39 is 0 Å². The maximum Gasteiger partial charge on any atom is 0.119 e. The van der Waals surface area contributed by atoms with Gasteiger partial charge in [0, 0.05) is 0 Å². The van der Waals surface area contributed by atoms with Gasteiger partial charge in [-0.15, -0.1) is 0 Å². The molecule has 3 aromatic rings. The van der Waals surface area contributed by atoms with Crippen LogP contribution in [0.4, 0.5) is 0 Å². The number of fused-ring (bicyclic) bond motifs is 3. The molecular weight excluding hydrogens is 292 g/mol. The van der Waals surface area contributed by atoms with E-state index in [1.54, 1.807) is 0 Å². The summed E-state index contributed by atoms with van der Waals surface area (Å²) in [6, 6.07) is 21.3. The molecule has 0 aromatic heterocycles. The van der Waals surface area contributed by atoms with E-state index >= 15 is 0 Å². The fourth-order valence-corrected chi connectivity index (χ4v) is 3.76. The average Bonchev–Trinajstić information content (AvgIpc) is 3.00. The molecule has 3 aromatic carbocycles. The zero-order chi connectivity index (χ0) is 16.7. The lowest BCUT2D eigenvalue weighted by molar-refractivity contribution is 0.462. The van der Waals surface area contributed by atoms with E-state index in [4.69, 9.17) is 0 Å². The highest BCUT2D eigenvalue weighted by Crippen LogP contribution is 2.42. The smallest absolute Gasteiger partial charge is 0.119 e. The Hall–Kier alpha value is -2.54. The third-order valence-electron chi connectivity index (χ3n) is 5.33. The Morgan fingerprint density at radius 1 is 0.917 bits per heavy atom. The first-order valence-electron chi connectivity index (χ1n) is 8.72. The Bertz CT molecular complexity index is 908. The van der Waals surface area contributed by atoms with E-state index in [-0.39, 0.29) is 0 Å². The van der Waals surface area contributed by atoms with Crippen molar-refractivity contribution in [3.63, 3.8) is 0 Å². The number of aromatic hydroxyl groups is 1. The van der Waals surface area contributed by atoms with Crippen LogP contribution in [0.5, 0.6) is 5.75 Å². The molecule has 0 bridgehead atoms. The Morgan fingerprint density at radius 3 is 2.50 bits per heavy atom.